The number of carbonyl (C=O) groups is 1. The first-order chi connectivity index (χ1) is 14.6. The van der Waals surface area contributed by atoms with Crippen molar-refractivity contribution in [3.8, 4) is 11.8 Å². The Bertz CT molecular complexity index is 1360. The van der Waals surface area contributed by atoms with Crippen LogP contribution in [-0.2, 0) is 11.8 Å². The number of hydrogen-bond donors (Lipinski definition) is 2. The molecule has 0 unspecified atom stereocenters. The zero-order valence-corrected chi connectivity index (χ0v) is 16.5. The summed E-state index contributed by atoms with van der Waals surface area (Å²) in [6.45, 7) is 0. The molecule has 9 heteroatoms. The van der Waals surface area contributed by atoms with E-state index < -0.39 is 0 Å². The van der Waals surface area contributed by atoms with Gasteiger partial charge in [-0.1, -0.05) is 5.92 Å². The van der Waals surface area contributed by atoms with Gasteiger partial charge in [-0.05, 0) is 30.9 Å². The van der Waals surface area contributed by atoms with Crippen molar-refractivity contribution in [3.63, 3.8) is 0 Å². The van der Waals surface area contributed by atoms with Gasteiger partial charge in [0.1, 0.15) is 11.2 Å². The molecule has 1 aliphatic rings. The molecule has 5 rings (SSSR count). The fourth-order valence-electron chi connectivity index (χ4n) is 3.20. The first-order valence-electron chi connectivity index (χ1n) is 9.57. The van der Waals surface area contributed by atoms with Gasteiger partial charge in [0.25, 0.3) is 0 Å². The van der Waals surface area contributed by atoms with Crippen LogP contribution in [0, 0.1) is 17.8 Å². The number of rotatable bonds is 3. The van der Waals surface area contributed by atoms with Gasteiger partial charge >= 0.3 is 0 Å². The van der Waals surface area contributed by atoms with E-state index in [1.54, 1.807) is 36.4 Å². The maximum absolute atomic E-state index is 12.1. The summed E-state index contributed by atoms with van der Waals surface area (Å²) in [4.78, 5) is 20.9. The van der Waals surface area contributed by atoms with Crippen LogP contribution < -0.4 is 10.6 Å². The predicted molar refractivity (Wildman–Crippen MR) is 113 cm³/mol. The molecule has 0 bridgehead atoms. The first kappa shape index (κ1) is 18.0. The van der Waals surface area contributed by atoms with E-state index in [9.17, 15) is 4.79 Å². The third kappa shape index (κ3) is 3.28. The van der Waals surface area contributed by atoms with Crippen LogP contribution in [0.1, 0.15) is 24.1 Å². The van der Waals surface area contributed by atoms with Gasteiger partial charge in [-0.3, -0.25) is 9.48 Å². The fraction of sp³-hybridized carbons (Fsp3) is 0.238. The summed E-state index contributed by atoms with van der Waals surface area (Å²) in [5, 5.41) is 20.2. The quantitative estimate of drug-likeness (QED) is 0.509. The van der Waals surface area contributed by atoms with Crippen molar-refractivity contribution in [2.45, 2.75) is 12.8 Å². The highest BCUT2D eigenvalue weighted by Gasteiger charge is 2.30. The van der Waals surface area contributed by atoms with Gasteiger partial charge in [-0.2, -0.15) is 5.10 Å². The molecule has 0 aromatic carbocycles. The summed E-state index contributed by atoms with van der Waals surface area (Å²) in [5.74, 6) is 7.29. The lowest BCUT2D eigenvalue weighted by Gasteiger charge is -2.08. The van der Waals surface area contributed by atoms with E-state index in [1.807, 2.05) is 13.1 Å². The van der Waals surface area contributed by atoms with Crippen LogP contribution in [0.25, 0.3) is 21.8 Å². The summed E-state index contributed by atoms with van der Waals surface area (Å²) >= 11 is 0. The van der Waals surface area contributed by atoms with Crippen LogP contribution in [0.3, 0.4) is 0 Å². The first-order valence-corrected chi connectivity index (χ1v) is 9.57. The molecule has 30 heavy (non-hydrogen) atoms. The van der Waals surface area contributed by atoms with Gasteiger partial charge in [0.05, 0.1) is 23.5 Å². The van der Waals surface area contributed by atoms with Crippen molar-refractivity contribution < 1.29 is 4.79 Å². The highest BCUT2D eigenvalue weighted by atomic mass is 16.2. The van der Waals surface area contributed by atoms with Gasteiger partial charge in [0.2, 0.25) is 5.91 Å². The Morgan fingerprint density at radius 2 is 2.00 bits per heavy atom. The number of hydrogen-bond acceptors (Lipinski definition) is 7. The van der Waals surface area contributed by atoms with E-state index in [1.165, 1.54) is 0 Å². The van der Waals surface area contributed by atoms with Crippen LogP contribution >= 0.6 is 0 Å². The van der Waals surface area contributed by atoms with Crippen LogP contribution in [0.2, 0.25) is 0 Å². The van der Waals surface area contributed by atoms with E-state index in [2.05, 4.69) is 47.7 Å². The number of pyridine rings is 2. The third-order valence-corrected chi connectivity index (χ3v) is 5.03. The maximum atomic E-state index is 12.1. The average Bonchev–Trinajstić information content (AvgIpc) is 3.55. The predicted octanol–water partition coefficient (Wildman–Crippen LogP) is 2.10. The molecule has 0 radical (unpaired) electrons. The molecule has 9 nitrogen and oxygen atoms in total. The Kier molecular flexibility index (Phi) is 4.25. The Labute approximate surface area is 171 Å². The molecule has 1 amide bonds. The SMILES string of the molecule is CNc1ncc(C#Cc2cc3cnn(C)c3cn2)c2cc(NC(=O)C3CC3)nnc12. The van der Waals surface area contributed by atoms with Crippen molar-refractivity contribution in [1.82, 2.24) is 29.9 Å². The molecule has 0 spiro atoms. The summed E-state index contributed by atoms with van der Waals surface area (Å²) in [5.41, 5.74) is 2.83. The lowest BCUT2D eigenvalue weighted by atomic mass is 10.1. The number of carbonyl (C=O) groups excluding carboxylic acids is 1. The molecule has 1 fully saturated rings. The molecule has 4 heterocycles. The number of aryl methyl sites for hydroxylation is 1. The largest absolute Gasteiger partial charge is 0.371 e. The molecule has 1 saturated carbocycles. The maximum Gasteiger partial charge on any atom is 0.228 e. The summed E-state index contributed by atoms with van der Waals surface area (Å²) < 4.78 is 1.77. The molecule has 0 atom stereocenters. The second kappa shape index (κ2) is 7.08. The molecule has 4 aromatic rings. The molecule has 148 valence electrons. The van der Waals surface area contributed by atoms with Crippen LogP contribution in [0.15, 0.2) is 30.7 Å². The van der Waals surface area contributed by atoms with E-state index in [0.29, 0.717) is 28.4 Å². The number of aromatic nitrogens is 6. The van der Waals surface area contributed by atoms with E-state index in [4.69, 9.17) is 0 Å². The highest BCUT2D eigenvalue weighted by molar-refractivity contribution is 5.97. The van der Waals surface area contributed by atoms with Crippen molar-refractivity contribution in [2.75, 3.05) is 17.7 Å². The third-order valence-electron chi connectivity index (χ3n) is 5.03. The monoisotopic (exact) mass is 398 g/mol. The number of fused-ring (bicyclic) bond motifs is 2. The topological polar surface area (TPSA) is 111 Å². The zero-order valence-electron chi connectivity index (χ0n) is 16.5. The Morgan fingerprint density at radius 3 is 2.80 bits per heavy atom. The fourth-order valence-corrected chi connectivity index (χ4v) is 3.20. The van der Waals surface area contributed by atoms with Crippen molar-refractivity contribution in [2.24, 2.45) is 13.0 Å². The molecular formula is C21H18N8O. The zero-order chi connectivity index (χ0) is 20.7. The number of nitrogens with zero attached hydrogens (tertiary/aromatic N) is 6. The second-order valence-corrected chi connectivity index (χ2v) is 7.17. The second-order valence-electron chi connectivity index (χ2n) is 7.17. The van der Waals surface area contributed by atoms with Crippen LogP contribution in [0.4, 0.5) is 11.6 Å². The molecule has 1 aliphatic carbocycles. The van der Waals surface area contributed by atoms with E-state index >= 15 is 0 Å². The minimum absolute atomic E-state index is 0.0202. The Morgan fingerprint density at radius 1 is 1.13 bits per heavy atom. The van der Waals surface area contributed by atoms with Gasteiger partial charge < -0.3 is 10.6 Å². The van der Waals surface area contributed by atoms with Crippen LogP contribution in [-0.4, -0.2) is 42.9 Å². The van der Waals surface area contributed by atoms with Gasteiger partial charge in [-0.25, -0.2) is 9.97 Å². The minimum atomic E-state index is -0.0202. The molecule has 2 N–H and O–H groups in total. The number of amides is 1. The molecular weight excluding hydrogens is 380 g/mol. The smallest absolute Gasteiger partial charge is 0.228 e. The van der Waals surface area contributed by atoms with Crippen molar-refractivity contribution in [3.05, 3.63) is 42.0 Å². The minimum Gasteiger partial charge on any atom is -0.371 e. The molecule has 0 saturated heterocycles. The number of nitrogens with one attached hydrogen (secondary N) is 2. The standard InChI is InChI=1S/C21H18N8O/c1-22-20-19-16(8-18(27-28-19)26-21(30)12-3-4-12)13(9-24-20)5-6-15-7-14-10-25-29(2)17(14)11-23-15/h7-12H,3-4H2,1-2H3,(H,22,24)(H,26,27,30). The normalized spacial score (nSPS) is 13.1. The lowest BCUT2D eigenvalue weighted by molar-refractivity contribution is -0.117. The van der Waals surface area contributed by atoms with Crippen molar-refractivity contribution in [1.29, 1.82) is 0 Å². The summed E-state index contributed by atoms with van der Waals surface area (Å²) in [6.07, 6.45) is 7.06. The van der Waals surface area contributed by atoms with Gasteiger partial charge in [0, 0.05) is 37.0 Å². The Hall–Kier alpha value is -4.06. The van der Waals surface area contributed by atoms with Gasteiger partial charge in [-0.15, -0.1) is 10.2 Å². The Balaban J connectivity index is 1.55. The average molecular weight is 398 g/mol. The lowest BCUT2D eigenvalue weighted by Crippen LogP contribution is -2.15. The number of anilines is 2. The van der Waals surface area contributed by atoms with Crippen molar-refractivity contribution >= 4 is 39.3 Å². The van der Waals surface area contributed by atoms with E-state index in [-0.39, 0.29) is 11.8 Å². The van der Waals surface area contributed by atoms with Gasteiger partial charge in [0.15, 0.2) is 11.6 Å². The molecule has 0 aliphatic heterocycles. The summed E-state index contributed by atoms with van der Waals surface area (Å²) in [7, 11) is 3.64. The summed E-state index contributed by atoms with van der Waals surface area (Å²) in [6, 6.07) is 3.68. The van der Waals surface area contributed by atoms with E-state index in [0.717, 1.165) is 29.1 Å². The molecule has 4 aromatic heterocycles. The highest BCUT2D eigenvalue weighted by Crippen LogP contribution is 2.30. The van der Waals surface area contributed by atoms with Crippen LogP contribution in [0.5, 0.6) is 0 Å².